The van der Waals surface area contributed by atoms with Gasteiger partial charge in [-0.2, -0.15) is 4.98 Å². The van der Waals surface area contributed by atoms with Gasteiger partial charge in [0.1, 0.15) is 47.3 Å². The summed E-state index contributed by atoms with van der Waals surface area (Å²) in [6, 6.07) is 4.99. The molecule has 312 valence electrons. The number of carbonyl (C=O) groups excluding carboxylic acids is 3. The molecular formula is C40H60N4O12. The Balaban J connectivity index is 1.60. The van der Waals surface area contributed by atoms with Crippen LogP contribution in [0.2, 0.25) is 0 Å². The van der Waals surface area contributed by atoms with Gasteiger partial charge in [0.05, 0.1) is 37.1 Å². The number of ketones is 2. The summed E-state index contributed by atoms with van der Waals surface area (Å²) in [7, 11) is 3.71. The Morgan fingerprint density at radius 2 is 1.77 bits per heavy atom. The lowest BCUT2D eigenvalue weighted by Gasteiger charge is -2.47. The second kappa shape index (κ2) is 17.5. The number of esters is 1. The number of ether oxygens (including phenoxy) is 5. The van der Waals surface area contributed by atoms with E-state index in [2.05, 4.69) is 10.1 Å². The first kappa shape index (κ1) is 43.6. The van der Waals surface area contributed by atoms with E-state index in [0.29, 0.717) is 17.5 Å². The van der Waals surface area contributed by atoms with Gasteiger partial charge in [-0.15, -0.1) is 0 Å². The fourth-order valence-corrected chi connectivity index (χ4v) is 8.48. The number of anilines is 1. The number of nitrogen functional groups attached to an aromatic ring is 1. The van der Waals surface area contributed by atoms with Crippen LogP contribution in [0.4, 0.5) is 6.01 Å². The molecule has 16 nitrogen and oxygen atoms in total. The topological polar surface area (TPSA) is 215 Å². The quantitative estimate of drug-likeness (QED) is 0.208. The number of aromatic nitrogens is 1. The molecule has 3 aliphatic heterocycles. The Hall–Kier alpha value is -3.51. The third kappa shape index (κ3) is 9.27. The van der Waals surface area contributed by atoms with E-state index in [1.807, 2.05) is 25.9 Å². The second-order valence-electron chi connectivity index (χ2n) is 16.5. The van der Waals surface area contributed by atoms with Crippen molar-refractivity contribution in [3.05, 3.63) is 23.8 Å². The van der Waals surface area contributed by atoms with Crippen LogP contribution < -0.4 is 5.73 Å². The number of aliphatic hydroxyl groups is 2. The van der Waals surface area contributed by atoms with Crippen molar-refractivity contribution in [2.45, 2.75) is 135 Å². The number of rotatable bonds is 7. The molecule has 16 heteroatoms. The lowest BCUT2D eigenvalue weighted by atomic mass is 9.74. The molecule has 5 rings (SSSR count). The van der Waals surface area contributed by atoms with E-state index in [9.17, 15) is 24.6 Å². The van der Waals surface area contributed by atoms with E-state index >= 15 is 0 Å². The fourth-order valence-electron chi connectivity index (χ4n) is 8.48. The maximum atomic E-state index is 14.4. The normalized spacial score (nSPS) is 38.9. The van der Waals surface area contributed by atoms with Gasteiger partial charge in [-0.05, 0) is 78.7 Å². The predicted molar refractivity (Wildman–Crippen MR) is 204 cm³/mol. The summed E-state index contributed by atoms with van der Waals surface area (Å²) in [6.07, 6.45) is -5.33. The lowest BCUT2D eigenvalue weighted by molar-refractivity contribution is -0.296. The van der Waals surface area contributed by atoms with E-state index in [-0.39, 0.29) is 62.3 Å². The van der Waals surface area contributed by atoms with E-state index < -0.39 is 77.3 Å². The maximum absolute atomic E-state index is 14.4. The van der Waals surface area contributed by atoms with Crippen molar-refractivity contribution in [3.63, 3.8) is 0 Å². The summed E-state index contributed by atoms with van der Waals surface area (Å²) < 4.78 is 37.3. The summed E-state index contributed by atoms with van der Waals surface area (Å²) in [4.78, 5) is 54.3. The largest absolute Gasteiger partial charge is 0.459 e. The average Bonchev–Trinajstić information content (AvgIpc) is 3.52. The highest BCUT2D eigenvalue weighted by atomic mass is 16.7. The number of cyclic esters (lactones) is 1. The number of fused-ring (bicyclic) bond motifs is 6. The van der Waals surface area contributed by atoms with Gasteiger partial charge in [-0.25, -0.2) is 0 Å². The summed E-state index contributed by atoms with van der Waals surface area (Å²) in [6.45, 7) is 12.9. The maximum Gasteiger partial charge on any atom is 0.316 e. The van der Waals surface area contributed by atoms with E-state index in [1.165, 1.54) is 13.8 Å². The zero-order valence-electron chi connectivity index (χ0n) is 34.2. The molecule has 4 heterocycles. The highest BCUT2D eigenvalue weighted by Crippen LogP contribution is 2.39. The molecule has 13 atom stereocenters. The zero-order chi connectivity index (χ0) is 41.3. The molecule has 2 bridgehead atoms. The number of hydrogen-bond donors (Lipinski definition) is 3. The number of oxazole rings is 1. The standard InChI is InChI=1S/C40H60N4O12/c1-11-30-40(8,49)35-22(4)31(45)20(2)16-39(7,51-19-26(18-50-35)43-52-17-25-12-13-29-27(15-25)42-38(41)54-29)34(23(5)32(46)24(6)36(48)55-30)56-37-33(47)28(44(9)10)14-21(3)53-37/h12-13,15,20-24,28,30,33-35,37,47,49H,11,14,16-19H2,1-10H3,(H2,41,42)/t20-,21-,22+,23+,24-,28+,30-,33-,34-,35-,37+,39-,40-/m1/s1. The third-order valence-corrected chi connectivity index (χ3v) is 11.7. The Labute approximate surface area is 328 Å². The molecule has 0 radical (unpaired) electrons. The van der Waals surface area contributed by atoms with Gasteiger partial charge in [-0.1, -0.05) is 38.9 Å². The van der Waals surface area contributed by atoms with Crippen LogP contribution in [-0.4, -0.2) is 125 Å². The van der Waals surface area contributed by atoms with Crippen LogP contribution >= 0.6 is 0 Å². The molecule has 3 saturated heterocycles. The molecule has 0 saturated carbocycles. The molecule has 0 spiro atoms. The number of carbonyl (C=O) groups is 3. The summed E-state index contributed by atoms with van der Waals surface area (Å²) >= 11 is 0. The third-order valence-electron chi connectivity index (χ3n) is 11.7. The van der Waals surface area contributed by atoms with Crippen LogP contribution in [0, 0.1) is 23.7 Å². The molecule has 4 N–H and O–H groups in total. The number of likely N-dealkylation sites (N-methyl/N-ethyl adjacent to an activating group) is 1. The van der Waals surface area contributed by atoms with Gasteiger partial charge in [-0.3, -0.25) is 14.4 Å². The number of nitrogens with two attached hydrogens (primary N) is 1. The Bertz CT molecular complexity index is 1750. The predicted octanol–water partition coefficient (Wildman–Crippen LogP) is 3.43. The minimum atomic E-state index is -1.88. The number of benzene rings is 1. The molecule has 1 aromatic carbocycles. The fraction of sp³-hybridized carbons (Fsp3) is 0.725. The van der Waals surface area contributed by atoms with Gasteiger partial charge in [0.2, 0.25) is 0 Å². The first-order chi connectivity index (χ1) is 26.3. The number of nitrogens with zero attached hydrogens (tertiary/aromatic N) is 3. The van der Waals surface area contributed by atoms with Crippen LogP contribution in [0.5, 0.6) is 0 Å². The molecular weight excluding hydrogens is 728 g/mol. The SMILES string of the molecule is CC[C@H]1OC(=O)[C@H](C)C(=O)[C@H](C)[C@@H](O[C@@H]2O[C@H](C)C[C@H](N(C)C)[C@H]2O)[C@@]2(C)C[C@@H](C)C(=O)[C@H](C)[C@@H](OCC(=NOCc3ccc4oc(N)nc4c3)CO2)[C@]1(C)O. The Morgan fingerprint density at radius 3 is 2.45 bits per heavy atom. The minimum Gasteiger partial charge on any atom is -0.459 e. The highest BCUT2D eigenvalue weighted by molar-refractivity contribution is 6.00. The number of aliphatic hydroxyl groups excluding tert-OH is 1. The number of oxime groups is 1. The number of Topliss-reactive ketones (excluding diaryl/α,β-unsaturated/α-hetero) is 2. The van der Waals surface area contributed by atoms with Crippen molar-refractivity contribution in [2.75, 3.05) is 33.0 Å². The van der Waals surface area contributed by atoms with Crippen molar-refractivity contribution in [1.29, 1.82) is 0 Å². The lowest BCUT2D eigenvalue weighted by Crippen LogP contribution is -2.60. The van der Waals surface area contributed by atoms with Gasteiger partial charge in [0, 0.05) is 23.8 Å². The second-order valence-corrected chi connectivity index (χ2v) is 16.5. The summed E-state index contributed by atoms with van der Waals surface area (Å²) in [5.41, 5.74) is 4.47. The number of hydrogen-bond acceptors (Lipinski definition) is 16. The molecule has 0 aliphatic carbocycles. The molecule has 1 aromatic heterocycles. The smallest absolute Gasteiger partial charge is 0.316 e. The van der Waals surface area contributed by atoms with Crippen molar-refractivity contribution in [1.82, 2.24) is 9.88 Å². The Morgan fingerprint density at radius 1 is 1.05 bits per heavy atom. The minimum absolute atomic E-state index is 0.0295. The van der Waals surface area contributed by atoms with E-state index in [4.69, 9.17) is 38.7 Å². The molecule has 2 aromatic rings. The van der Waals surface area contributed by atoms with Gasteiger partial charge < -0.3 is 53.8 Å². The monoisotopic (exact) mass is 788 g/mol. The Kier molecular flexibility index (Phi) is 13.7. The average molecular weight is 789 g/mol. The van der Waals surface area contributed by atoms with E-state index in [0.717, 1.165) is 5.56 Å². The zero-order valence-corrected chi connectivity index (χ0v) is 34.2. The summed E-state index contributed by atoms with van der Waals surface area (Å²) in [5.74, 6) is -5.50. The van der Waals surface area contributed by atoms with Crippen molar-refractivity contribution in [3.8, 4) is 0 Å². The van der Waals surface area contributed by atoms with Crippen LogP contribution in [0.1, 0.15) is 80.2 Å². The molecule has 56 heavy (non-hydrogen) atoms. The van der Waals surface area contributed by atoms with Gasteiger partial charge in [0.25, 0.3) is 6.01 Å². The van der Waals surface area contributed by atoms with Gasteiger partial charge in [0.15, 0.2) is 17.7 Å². The van der Waals surface area contributed by atoms with Crippen LogP contribution in [0.3, 0.4) is 0 Å². The first-order valence-corrected chi connectivity index (χ1v) is 19.5. The van der Waals surface area contributed by atoms with Crippen molar-refractivity contribution >= 4 is 40.4 Å². The highest BCUT2D eigenvalue weighted by Gasteiger charge is 2.53. The molecule has 0 unspecified atom stereocenters. The molecule has 3 aliphatic rings. The van der Waals surface area contributed by atoms with Crippen molar-refractivity contribution in [2.24, 2.45) is 28.8 Å². The van der Waals surface area contributed by atoms with Gasteiger partial charge >= 0.3 is 5.97 Å². The van der Waals surface area contributed by atoms with Crippen LogP contribution in [0.25, 0.3) is 11.1 Å². The summed E-state index contributed by atoms with van der Waals surface area (Å²) in [5, 5.41) is 28.1. The van der Waals surface area contributed by atoms with Crippen molar-refractivity contribution < 1.29 is 57.5 Å². The van der Waals surface area contributed by atoms with Crippen LogP contribution in [-0.2, 0) is 49.5 Å². The molecule has 0 amide bonds. The molecule has 3 fully saturated rings. The van der Waals surface area contributed by atoms with Crippen LogP contribution in [0.15, 0.2) is 27.8 Å². The first-order valence-electron chi connectivity index (χ1n) is 19.5. The van der Waals surface area contributed by atoms with E-state index in [1.54, 1.807) is 52.8 Å².